The van der Waals surface area contributed by atoms with Crippen LogP contribution in [0.25, 0.3) is 0 Å². The minimum atomic E-state index is -3.27. The fraction of sp³-hybridized carbons (Fsp3) is 0.917. The zero-order valence-electron chi connectivity index (χ0n) is 11.5. The summed E-state index contributed by atoms with van der Waals surface area (Å²) in [5.74, 6) is -0.177. The SMILES string of the molecule is CC(C)(C)C(=O)NCCS(=O)(=O)NC1CCCC1. The zero-order chi connectivity index (χ0) is 13.8. The molecule has 0 saturated heterocycles. The monoisotopic (exact) mass is 276 g/mol. The first-order chi connectivity index (χ1) is 8.21. The van der Waals surface area contributed by atoms with Crippen molar-refractivity contribution in [2.24, 2.45) is 5.41 Å². The zero-order valence-corrected chi connectivity index (χ0v) is 12.3. The second-order valence-electron chi connectivity index (χ2n) is 5.92. The number of amides is 1. The molecule has 1 fully saturated rings. The lowest BCUT2D eigenvalue weighted by molar-refractivity contribution is -0.128. The molecule has 0 unspecified atom stereocenters. The van der Waals surface area contributed by atoms with Gasteiger partial charge in [-0.15, -0.1) is 0 Å². The lowest BCUT2D eigenvalue weighted by Gasteiger charge is -2.18. The normalized spacial score (nSPS) is 17.9. The lowest BCUT2D eigenvalue weighted by atomic mass is 9.96. The predicted octanol–water partition coefficient (Wildman–Crippen LogP) is 1.01. The predicted molar refractivity (Wildman–Crippen MR) is 71.6 cm³/mol. The highest BCUT2D eigenvalue weighted by Crippen LogP contribution is 2.18. The topological polar surface area (TPSA) is 75.3 Å². The molecule has 106 valence electrons. The molecule has 0 aromatic carbocycles. The molecule has 5 nitrogen and oxygen atoms in total. The Kier molecular flexibility index (Phi) is 5.16. The summed E-state index contributed by atoms with van der Waals surface area (Å²) < 4.78 is 26.2. The van der Waals surface area contributed by atoms with E-state index in [1.807, 2.05) is 0 Å². The van der Waals surface area contributed by atoms with E-state index in [9.17, 15) is 13.2 Å². The summed E-state index contributed by atoms with van der Waals surface area (Å²) in [6, 6.07) is 0.0910. The van der Waals surface area contributed by atoms with Crippen molar-refractivity contribution in [3.8, 4) is 0 Å². The van der Waals surface area contributed by atoms with Gasteiger partial charge in [0.15, 0.2) is 0 Å². The first kappa shape index (κ1) is 15.4. The molecule has 1 aliphatic carbocycles. The second kappa shape index (κ2) is 6.02. The minimum absolute atomic E-state index is 0.0503. The van der Waals surface area contributed by atoms with Gasteiger partial charge in [-0.2, -0.15) is 0 Å². The van der Waals surface area contributed by atoms with Crippen molar-refractivity contribution in [2.45, 2.75) is 52.5 Å². The Morgan fingerprint density at radius 2 is 1.78 bits per heavy atom. The van der Waals surface area contributed by atoms with Crippen LogP contribution in [0, 0.1) is 5.41 Å². The van der Waals surface area contributed by atoms with Gasteiger partial charge in [0, 0.05) is 18.0 Å². The van der Waals surface area contributed by atoms with Crippen molar-refractivity contribution < 1.29 is 13.2 Å². The number of hydrogen-bond acceptors (Lipinski definition) is 3. The maximum Gasteiger partial charge on any atom is 0.225 e. The Bertz CT molecular complexity index is 379. The van der Waals surface area contributed by atoms with E-state index in [-0.39, 0.29) is 24.2 Å². The molecular weight excluding hydrogens is 252 g/mol. The molecule has 0 heterocycles. The molecule has 0 aromatic heterocycles. The quantitative estimate of drug-likeness (QED) is 0.787. The average molecular weight is 276 g/mol. The summed E-state index contributed by atoms with van der Waals surface area (Å²) in [5, 5.41) is 2.65. The summed E-state index contributed by atoms with van der Waals surface area (Å²) in [4.78, 5) is 11.6. The fourth-order valence-corrected chi connectivity index (χ4v) is 3.15. The van der Waals surface area contributed by atoms with Crippen LogP contribution in [-0.4, -0.2) is 32.7 Å². The molecule has 0 bridgehead atoms. The standard InChI is InChI=1S/C12H24N2O3S/c1-12(2,3)11(15)13-8-9-18(16,17)14-10-6-4-5-7-10/h10,14H,4-9H2,1-3H3,(H,13,15). The molecular formula is C12H24N2O3S. The maximum atomic E-state index is 11.8. The first-order valence-electron chi connectivity index (χ1n) is 6.49. The Labute approximate surface area is 110 Å². The van der Waals surface area contributed by atoms with Crippen molar-refractivity contribution in [1.82, 2.24) is 10.0 Å². The van der Waals surface area contributed by atoms with Gasteiger partial charge in [0.2, 0.25) is 15.9 Å². The van der Waals surface area contributed by atoms with Gasteiger partial charge in [-0.25, -0.2) is 13.1 Å². The molecule has 1 amide bonds. The van der Waals surface area contributed by atoms with Crippen LogP contribution in [-0.2, 0) is 14.8 Å². The number of carbonyl (C=O) groups excluding carboxylic acids is 1. The van der Waals surface area contributed by atoms with E-state index in [1.54, 1.807) is 20.8 Å². The second-order valence-corrected chi connectivity index (χ2v) is 7.80. The van der Waals surface area contributed by atoms with E-state index in [4.69, 9.17) is 0 Å². The van der Waals surface area contributed by atoms with Crippen LogP contribution in [0.2, 0.25) is 0 Å². The molecule has 1 aliphatic rings. The minimum Gasteiger partial charge on any atom is -0.355 e. The van der Waals surface area contributed by atoms with Gasteiger partial charge in [-0.05, 0) is 12.8 Å². The van der Waals surface area contributed by atoms with E-state index in [0.717, 1.165) is 25.7 Å². The molecule has 18 heavy (non-hydrogen) atoms. The molecule has 0 atom stereocenters. The summed E-state index contributed by atoms with van der Waals surface area (Å²) in [6.45, 7) is 5.56. The molecule has 0 aromatic rings. The molecule has 1 saturated carbocycles. The Morgan fingerprint density at radius 1 is 1.22 bits per heavy atom. The first-order valence-corrected chi connectivity index (χ1v) is 8.14. The number of rotatable bonds is 5. The van der Waals surface area contributed by atoms with Gasteiger partial charge < -0.3 is 5.32 Å². The third kappa shape index (κ3) is 5.35. The maximum absolute atomic E-state index is 11.8. The van der Waals surface area contributed by atoms with Crippen molar-refractivity contribution >= 4 is 15.9 Å². The van der Waals surface area contributed by atoms with Crippen LogP contribution in [0.4, 0.5) is 0 Å². The Morgan fingerprint density at radius 3 is 2.28 bits per heavy atom. The van der Waals surface area contributed by atoms with Crippen LogP contribution in [0.15, 0.2) is 0 Å². The number of sulfonamides is 1. The summed E-state index contributed by atoms with van der Waals surface area (Å²) in [7, 11) is -3.27. The summed E-state index contributed by atoms with van der Waals surface area (Å²) in [6.07, 6.45) is 4.03. The van der Waals surface area contributed by atoms with Gasteiger partial charge in [0.1, 0.15) is 0 Å². The molecule has 0 radical (unpaired) electrons. The van der Waals surface area contributed by atoms with Gasteiger partial charge in [-0.1, -0.05) is 33.6 Å². The highest BCUT2D eigenvalue weighted by atomic mass is 32.2. The molecule has 1 rings (SSSR count). The van der Waals surface area contributed by atoms with Crippen LogP contribution >= 0.6 is 0 Å². The van der Waals surface area contributed by atoms with Crippen LogP contribution < -0.4 is 10.0 Å². The van der Waals surface area contributed by atoms with E-state index >= 15 is 0 Å². The third-order valence-electron chi connectivity index (χ3n) is 3.04. The van der Waals surface area contributed by atoms with Crippen molar-refractivity contribution in [1.29, 1.82) is 0 Å². The van der Waals surface area contributed by atoms with Crippen LogP contribution in [0.5, 0.6) is 0 Å². The molecule has 2 N–H and O–H groups in total. The van der Waals surface area contributed by atoms with E-state index in [2.05, 4.69) is 10.0 Å². The van der Waals surface area contributed by atoms with Crippen molar-refractivity contribution in [3.63, 3.8) is 0 Å². The highest BCUT2D eigenvalue weighted by molar-refractivity contribution is 7.89. The highest BCUT2D eigenvalue weighted by Gasteiger charge is 2.23. The lowest BCUT2D eigenvalue weighted by Crippen LogP contribution is -2.41. The van der Waals surface area contributed by atoms with Crippen LogP contribution in [0.3, 0.4) is 0 Å². The van der Waals surface area contributed by atoms with Gasteiger partial charge in [-0.3, -0.25) is 4.79 Å². The Balaban J connectivity index is 2.31. The van der Waals surface area contributed by atoms with Gasteiger partial charge in [0.25, 0.3) is 0 Å². The van der Waals surface area contributed by atoms with E-state index < -0.39 is 15.4 Å². The number of hydrogen-bond donors (Lipinski definition) is 2. The molecule has 0 aliphatic heterocycles. The summed E-state index contributed by atoms with van der Waals surface area (Å²) in [5.41, 5.74) is -0.483. The number of nitrogens with one attached hydrogen (secondary N) is 2. The third-order valence-corrected chi connectivity index (χ3v) is 4.47. The van der Waals surface area contributed by atoms with Crippen molar-refractivity contribution in [3.05, 3.63) is 0 Å². The van der Waals surface area contributed by atoms with Crippen molar-refractivity contribution in [2.75, 3.05) is 12.3 Å². The van der Waals surface area contributed by atoms with Gasteiger partial charge in [0.05, 0.1) is 5.75 Å². The molecule has 6 heteroatoms. The number of carbonyl (C=O) groups is 1. The molecule has 0 spiro atoms. The van der Waals surface area contributed by atoms with E-state index in [1.165, 1.54) is 0 Å². The summed E-state index contributed by atoms with van der Waals surface area (Å²) >= 11 is 0. The largest absolute Gasteiger partial charge is 0.355 e. The Hall–Kier alpha value is -0.620. The fourth-order valence-electron chi connectivity index (χ4n) is 1.92. The average Bonchev–Trinajstić information content (AvgIpc) is 2.67. The van der Waals surface area contributed by atoms with Crippen LogP contribution in [0.1, 0.15) is 46.5 Å². The van der Waals surface area contributed by atoms with Gasteiger partial charge >= 0.3 is 0 Å². The van der Waals surface area contributed by atoms with E-state index in [0.29, 0.717) is 0 Å². The smallest absolute Gasteiger partial charge is 0.225 e.